The minimum atomic E-state index is -0.391. The molecule has 1 amide bonds. The normalized spacial score (nSPS) is 16.6. The van der Waals surface area contributed by atoms with Crippen molar-refractivity contribution in [3.63, 3.8) is 0 Å². The number of benzene rings is 1. The molecule has 0 spiro atoms. The van der Waals surface area contributed by atoms with Crippen LogP contribution in [-0.4, -0.2) is 47.0 Å². The number of thioether (sulfide) groups is 1. The Labute approximate surface area is 207 Å². The molecule has 1 aliphatic carbocycles. The van der Waals surface area contributed by atoms with Gasteiger partial charge in [-0.05, 0) is 62.4 Å². The van der Waals surface area contributed by atoms with Crippen molar-refractivity contribution < 1.29 is 9.53 Å². The predicted molar refractivity (Wildman–Crippen MR) is 140 cm³/mol. The number of thiophene rings is 1. The van der Waals surface area contributed by atoms with Crippen LogP contribution in [0.2, 0.25) is 0 Å². The van der Waals surface area contributed by atoms with Gasteiger partial charge in [0.25, 0.3) is 5.56 Å². The van der Waals surface area contributed by atoms with Crippen LogP contribution in [0.4, 0.5) is 11.4 Å². The largest absolute Gasteiger partial charge is 0.378 e. The first-order valence-corrected chi connectivity index (χ1v) is 13.7. The number of rotatable bonds is 7. The molecule has 1 saturated heterocycles. The molecule has 0 radical (unpaired) electrons. The molecule has 1 unspecified atom stereocenters. The molecule has 0 saturated carbocycles. The number of hydrogen-bond acceptors (Lipinski definition) is 7. The summed E-state index contributed by atoms with van der Waals surface area (Å²) in [4.78, 5) is 35.6. The molecule has 1 aromatic carbocycles. The summed E-state index contributed by atoms with van der Waals surface area (Å²) in [6, 6.07) is 7.93. The van der Waals surface area contributed by atoms with Crippen LogP contribution in [0.15, 0.2) is 34.2 Å². The highest BCUT2D eigenvalue weighted by atomic mass is 32.2. The number of fused-ring (bicyclic) bond motifs is 3. The van der Waals surface area contributed by atoms with E-state index in [1.807, 2.05) is 31.2 Å². The molecule has 2 aliphatic rings. The van der Waals surface area contributed by atoms with Crippen molar-refractivity contribution >= 4 is 50.6 Å². The Bertz CT molecular complexity index is 1250. The van der Waals surface area contributed by atoms with E-state index in [2.05, 4.69) is 17.1 Å². The lowest BCUT2D eigenvalue weighted by molar-refractivity contribution is -0.115. The van der Waals surface area contributed by atoms with Crippen LogP contribution in [0.5, 0.6) is 0 Å². The summed E-state index contributed by atoms with van der Waals surface area (Å²) in [6.45, 7) is 7.76. The maximum Gasteiger partial charge on any atom is 0.263 e. The fourth-order valence-electron chi connectivity index (χ4n) is 4.60. The molecule has 3 aromatic rings. The summed E-state index contributed by atoms with van der Waals surface area (Å²) >= 11 is 3.00. The van der Waals surface area contributed by atoms with Crippen molar-refractivity contribution in [2.24, 2.45) is 0 Å². The standard InChI is InChI=1S/C25H30N4O3S2/c1-3-11-29-24(31)21-19-5-4-6-20(19)34-23(21)27-25(29)33-16(2)22(30)26-17-7-9-18(10-8-17)28-12-14-32-15-13-28/h7-10,16H,3-6,11-15H2,1-2H3,(H,26,30). The zero-order valence-corrected chi connectivity index (χ0v) is 21.3. The second kappa shape index (κ2) is 10.1. The van der Waals surface area contributed by atoms with E-state index in [-0.39, 0.29) is 11.5 Å². The van der Waals surface area contributed by atoms with Gasteiger partial charge in [0.1, 0.15) is 4.83 Å². The molecule has 1 atom stereocenters. The maximum atomic E-state index is 13.4. The molecule has 3 heterocycles. The Hall–Kier alpha value is -2.36. The van der Waals surface area contributed by atoms with Crippen LogP contribution in [0, 0.1) is 0 Å². The highest BCUT2D eigenvalue weighted by molar-refractivity contribution is 8.00. The Balaban J connectivity index is 1.32. The summed E-state index contributed by atoms with van der Waals surface area (Å²) < 4.78 is 7.18. The van der Waals surface area contributed by atoms with E-state index < -0.39 is 5.25 Å². The molecule has 1 aliphatic heterocycles. The van der Waals surface area contributed by atoms with Gasteiger partial charge in [-0.1, -0.05) is 18.7 Å². The van der Waals surface area contributed by atoms with Gasteiger partial charge >= 0.3 is 0 Å². The maximum absolute atomic E-state index is 13.4. The Morgan fingerprint density at radius 3 is 2.74 bits per heavy atom. The van der Waals surface area contributed by atoms with Crippen LogP contribution in [0.3, 0.4) is 0 Å². The third-order valence-electron chi connectivity index (χ3n) is 6.40. The van der Waals surface area contributed by atoms with E-state index in [1.54, 1.807) is 15.9 Å². The first-order chi connectivity index (χ1) is 16.5. The summed E-state index contributed by atoms with van der Waals surface area (Å²) in [5, 5.41) is 4.05. The fraction of sp³-hybridized carbons (Fsp3) is 0.480. The van der Waals surface area contributed by atoms with Crippen LogP contribution in [0.25, 0.3) is 10.2 Å². The van der Waals surface area contributed by atoms with Gasteiger partial charge in [-0.15, -0.1) is 11.3 Å². The Morgan fingerprint density at radius 1 is 1.24 bits per heavy atom. The fourth-order valence-corrected chi connectivity index (χ4v) is 6.84. The number of carbonyl (C=O) groups is 1. The number of morpholine rings is 1. The first kappa shape index (κ1) is 23.4. The first-order valence-electron chi connectivity index (χ1n) is 12.0. The molecule has 7 nitrogen and oxygen atoms in total. The molecule has 2 aromatic heterocycles. The highest BCUT2D eigenvalue weighted by Gasteiger charge is 2.25. The van der Waals surface area contributed by atoms with Crippen LogP contribution < -0.4 is 15.8 Å². The number of nitrogens with zero attached hydrogens (tertiary/aromatic N) is 3. The van der Waals surface area contributed by atoms with Gasteiger partial charge in [-0.3, -0.25) is 14.2 Å². The van der Waals surface area contributed by atoms with Crippen molar-refractivity contribution in [3.8, 4) is 0 Å². The number of carbonyl (C=O) groups excluding carboxylic acids is 1. The Morgan fingerprint density at radius 2 is 2.00 bits per heavy atom. The number of anilines is 2. The van der Waals surface area contributed by atoms with E-state index in [1.165, 1.54) is 22.2 Å². The number of amides is 1. The summed E-state index contributed by atoms with van der Waals surface area (Å²) in [5.41, 5.74) is 3.14. The molecular formula is C25H30N4O3S2. The van der Waals surface area contributed by atoms with Gasteiger partial charge in [0.2, 0.25) is 5.91 Å². The molecule has 180 valence electrons. The minimum Gasteiger partial charge on any atom is -0.378 e. The molecule has 1 N–H and O–H groups in total. The smallest absolute Gasteiger partial charge is 0.263 e. The third kappa shape index (κ3) is 4.61. The van der Waals surface area contributed by atoms with Crippen molar-refractivity contribution in [2.45, 2.75) is 56.5 Å². The lowest BCUT2D eigenvalue weighted by Gasteiger charge is -2.28. The second-order valence-corrected chi connectivity index (χ2v) is 11.2. The zero-order valence-electron chi connectivity index (χ0n) is 19.6. The van der Waals surface area contributed by atoms with Gasteiger partial charge in [-0.25, -0.2) is 4.98 Å². The highest BCUT2D eigenvalue weighted by Crippen LogP contribution is 2.36. The van der Waals surface area contributed by atoms with Crippen molar-refractivity contribution in [3.05, 3.63) is 45.1 Å². The average Bonchev–Trinajstić information content (AvgIpc) is 3.43. The topological polar surface area (TPSA) is 76.5 Å². The third-order valence-corrected chi connectivity index (χ3v) is 8.68. The van der Waals surface area contributed by atoms with Crippen LogP contribution in [0.1, 0.15) is 37.1 Å². The van der Waals surface area contributed by atoms with E-state index in [0.717, 1.165) is 73.6 Å². The van der Waals surface area contributed by atoms with E-state index in [0.29, 0.717) is 11.7 Å². The number of hydrogen-bond donors (Lipinski definition) is 1. The summed E-state index contributed by atoms with van der Waals surface area (Å²) in [6.07, 6.45) is 3.96. The average molecular weight is 499 g/mol. The lowest BCUT2D eigenvalue weighted by atomic mass is 10.2. The van der Waals surface area contributed by atoms with Crippen molar-refractivity contribution in [1.82, 2.24) is 9.55 Å². The van der Waals surface area contributed by atoms with Gasteiger partial charge in [0, 0.05) is 35.9 Å². The van der Waals surface area contributed by atoms with Gasteiger partial charge in [-0.2, -0.15) is 0 Å². The van der Waals surface area contributed by atoms with Gasteiger partial charge < -0.3 is 15.0 Å². The van der Waals surface area contributed by atoms with E-state index in [4.69, 9.17) is 9.72 Å². The molecule has 34 heavy (non-hydrogen) atoms. The molecule has 1 fully saturated rings. The zero-order chi connectivity index (χ0) is 23.7. The van der Waals surface area contributed by atoms with Crippen molar-refractivity contribution in [1.29, 1.82) is 0 Å². The summed E-state index contributed by atoms with van der Waals surface area (Å²) in [7, 11) is 0. The number of ether oxygens (including phenoxy) is 1. The molecule has 0 bridgehead atoms. The van der Waals surface area contributed by atoms with Crippen LogP contribution >= 0.6 is 23.1 Å². The number of aryl methyl sites for hydroxylation is 2. The minimum absolute atomic E-state index is 0.0417. The molecule has 9 heteroatoms. The lowest BCUT2D eigenvalue weighted by Crippen LogP contribution is -2.36. The van der Waals surface area contributed by atoms with Gasteiger partial charge in [0.05, 0.1) is 23.8 Å². The van der Waals surface area contributed by atoms with E-state index in [9.17, 15) is 9.59 Å². The van der Waals surface area contributed by atoms with Crippen molar-refractivity contribution in [2.75, 3.05) is 36.5 Å². The van der Waals surface area contributed by atoms with E-state index >= 15 is 0 Å². The predicted octanol–water partition coefficient (Wildman–Crippen LogP) is 4.31. The molecular weight excluding hydrogens is 468 g/mol. The number of nitrogens with one attached hydrogen (secondary N) is 1. The Kier molecular flexibility index (Phi) is 6.94. The SMILES string of the molecule is CCCn1c(SC(C)C(=O)Nc2ccc(N3CCOCC3)cc2)nc2sc3c(c2c1=O)CCC3. The quantitative estimate of drug-likeness (QED) is 0.386. The van der Waals surface area contributed by atoms with Gasteiger partial charge in [0.15, 0.2) is 5.16 Å². The number of aromatic nitrogens is 2. The second-order valence-electron chi connectivity index (χ2n) is 8.78. The summed E-state index contributed by atoms with van der Waals surface area (Å²) in [5.74, 6) is -0.102. The monoisotopic (exact) mass is 498 g/mol. The van der Waals surface area contributed by atoms with Crippen LogP contribution in [-0.2, 0) is 28.9 Å². The molecule has 5 rings (SSSR count).